The highest BCUT2D eigenvalue weighted by Gasteiger charge is 2.26. The van der Waals surface area contributed by atoms with Crippen LogP contribution in [0.15, 0.2) is 24.3 Å². The van der Waals surface area contributed by atoms with Crippen molar-refractivity contribution in [1.82, 2.24) is 4.90 Å². The standard InChI is InChI=1S/C23H38N2/c1-18(2)21-7-5-20(6-8-21)17-24-13-15-25(16-14-24)23-11-9-22(10-12-23)19(3)4/h9-12,18-21H,5-8,13-17H2,1-4H3. The summed E-state index contributed by atoms with van der Waals surface area (Å²) in [6, 6.07) is 9.25. The summed E-state index contributed by atoms with van der Waals surface area (Å²) in [4.78, 5) is 5.29. The Morgan fingerprint density at radius 3 is 1.96 bits per heavy atom. The summed E-state index contributed by atoms with van der Waals surface area (Å²) in [5.41, 5.74) is 2.85. The molecule has 0 N–H and O–H groups in total. The molecule has 0 aromatic heterocycles. The average Bonchev–Trinajstić information content (AvgIpc) is 2.63. The van der Waals surface area contributed by atoms with Gasteiger partial charge in [0, 0.05) is 38.4 Å². The first-order chi connectivity index (χ1) is 12.0. The van der Waals surface area contributed by atoms with E-state index in [0.717, 1.165) is 17.8 Å². The molecule has 0 spiro atoms. The Labute approximate surface area is 155 Å². The van der Waals surface area contributed by atoms with Gasteiger partial charge in [-0.05, 0) is 67.1 Å². The van der Waals surface area contributed by atoms with E-state index < -0.39 is 0 Å². The van der Waals surface area contributed by atoms with Gasteiger partial charge in [0.2, 0.25) is 0 Å². The van der Waals surface area contributed by atoms with Gasteiger partial charge in [-0.3, -0.25) is 4.90 Å². The summed E-state index contributed by atoms with van der Waals surface area (Å²) in [5.74, 6) is 3.44. The Bertz CT molecular complexity index is 503. The molecule has 1 aromatic carbocycles. The van der Waals surface area contributed by atoms with Crippen LogP contribution < -0.4 is 4.90 Å². The van der Waals surface area contributed by atoms with Crippen molar-refractivity contribution in [2.24, 2.45) is 17.8 Å². The zero-order chi connectivity index (χ0) is 17.8. The van der Waals surface area contributed by atoms with Gasteiger partial charge in [0.15, 0.2) is 0 Å². The van der Waals surface area contributed by atoms with Gasteiger partial charge in [-0.25, -0.2) is 0 Å². The van der Waals surface area contributed by atoms with Gasteiger partial charge in [0.1, 0.15) is 0 Å². The van der Waals surface area contributed by atoms with Crippen LogP contribution in [0.2, 0.25) is 0 Å². The first-order valence-electron chi connectivity index (χ1n) is 10.6. The van der Waals surface area contributed by atoms with Gasteiger partial charge in [-0.15, -0.1) is 0 Å². The van der Waals surface area contributed by atoms with Crippen LogP contribution in [0.4, 0.5) is 5.69 Å². The van der Waals surface area contributed by atoms with Crippen molar-refractivity contribution in [2.75, 3.05) is 37.6 Å². The smallest absolute Gasteiger partial charge is 0.0367 e. The monoisotopic (exact) mass is 342 g/mol. The van der Waals surface area contributed by atoms with Crippen LogP contribution in [-0.4, -0.2) is 37.6 Å². The minimum atomic E-state index is 0.622. The third-order valence-corrected chi connectivity index (χ3v) is 6.65. The number of rotatable bonds is 5. The van der Waals surface area contributed by atoms with Crippen LogP contribution in [0.25, 0.3) is 0 Å². The minimum absolute atomic E-state index is 0.622. The summed E-state index contributed by atoms with van der Waals surface area (Å²) in [6.07, 6.45) is 5.84. The van der Waals surface area contributed by atoms with Crippen LogP contribution in [0.1, 0.15) is 64.9 Å². The van der Waals surface area contributed by atoms with Crippen LogP contribution in [0.3, 0.4) is 0 Å². The quantitative estimate of drug-likeness (QED) is 0.707. The molecule has 2 heteroatoms. The maximum atomic E-state index is 2.72. The Balaban J connectivity index is 1.43. The van der Waals surface area contributed by atoms with E-state index in [1.807, 2.05) is 0 Å². The van der Waals surface area contributed by atoms with E-state index in [1.54, 1.807) is 0 Å². The van der Waals surface area contributed by atoms with Gasteiger partial charge in [-0.1, -0.05) is 39.8 Å². The topological polar surface area (TPSA) is 6.48 Å². The molecule has 1 heterocycles. The van der Waals surface area contributed by atoms with Crippen LogP contribution in [0.5, 0.6) is 0 Å². The molecule has 1 aromatic rings. The van der Waals surface area contributed by atoms with Crippen molar-refractivity contribution >= 4 is 5.69 Å². The van der Waals surface area contributed by atoms with Crippen molar-refractivity contribution in [3.05, 3.63) is 29.8 Å². The number of anilines is 1. The van der Waals surface area contributed by atoms with E-state index in [4.69, 9.17) is 0 Å². The molecule has 0 unspecified atom stereocenters. The molecule has 1 saturated heterocycles. The molecule has 2 aliphatic rings. The van der Waals surface area contributed by atoms with Crippen LogP contribution >= 0.6 is 0 Å². The number of hydrogen-bond donors (Lipinski definition) is 0. The fourth-order valence-electron chi connectivity index (χ4n) is 4.66. The largest absolute Gasteiger partial charge is 0.369 e. The number of benzene rings is 1. The molecular weight excluding hydrogens is 304 g/mol. The van der Waals surface area contributed by atoms with Crippen LogP contribution in [-0.2, 0) is 0 Å². The maximum Gasteiger partial charge on any atom is 0.0367 e. The molecule has 3 rings (SSSR count). The molecule has 140 valence electrons. The Morgan fingerprint density at radius 2 is 1.44 bits per heavy atom. The highest BCUT2D eigenvalue weighted by atomic mass is 15.3. The Hall–Kier alpha value is -1.02. The lowest BCUT2D eigenvalue weighted by molar-refractivity contribution is 0.158. The summed E-state index contributed by atoms with van der Waals surface area (Å²) < 4.78 is 0. The molecule has 2 nitrogen and oxygen atoms in total. The molecule has 0 radical (unpaired) electrons. The zero-order valence-electron chi connectivity index (χ0n) is 16.9. The lowest BCUT2D eigenvalue weighted by Crippen LogP contribution is -2.48. The predicted molar refractivity (Wildman–Crippen MR) is 109 cm³/mol. The van der Waals surface area contributed by atoms with Gasteiger partial charge < -0.3 is 4.90 Å². The van der Waals surface area contributed by atoms with E-state index in [1.165, 1.54) is 69.7 Å². The molecule has 25 heavy (non-hydrogen) atoms. The molecule has 1 aliphatic carbocycles. The third kappa shape index (κ3) is 5.00. The maximum absolute atomic E-state index is 2.72. The molecule has 0 amide bonds. The van der Waals surface area contributed by atoms with E-state index in [2.05, 4.69) is 61.8 Å². The summed E-state index contributed by atoms with van der Waals surface area (Å²) >= 11 is 0. The van der Waals surface area contributed by atoms with Gasteiger partial charge in [0.05, 0.1) is 0 Å². The molecule has 0 bridgehead atoms. The normalized spacial score (nSPS) is 25.8. The molecular formula is C23H38N2. The average molecular weight is 343 g/mol. The molecule has 2 fully saturated rings. The number of hydrogen-bond acceptors (Lipinski definition) is 2. The van der Waals surface area contributed by atoms with E-state index >= 15 is 0 Å². The van der Waals surface area contributed by atoms with Crippen molar-refractivity contribution < 1.29 is 0 Å². The van der Waals surface area contributed by atoms with Crippen molar-refractivity contribution in [1.29, 1.82) is 0 Å². The fourth-order valence-corrected chi connectivity index (χ4v) is 4.66. The number of nitrogens with zero attached hydrogens (tertiary/aromatic N) is 2. The van der Waals surface area contributed by atoms with Crippen molar-refractivity contribution in [3.8, 4) is 0 Å². The molecule has 1 aliphatic heterocycles. The second-order valence-corrected chi connectivity index (χ2v) is 9.06. The highest BCUT2D eigenvalue weighted by molar-refractivity contribution is 5.48. The third-order valence-electron chi connectivity index (χ3n) is 6.65. The first kappa shape index (κ1) is 18.8. The summed E-state index contributed by atoms with van der Waals surface area (Å²) in [6.45, 7) is 15.5. The number of piperazine rings is 1. The first-order valence-corrected chi connectivity index (χ1v) is 10.6. The van der Waals surface area contributed by atoms with Crippen LogP contribution in [0, 0.1) is 17.8 Å². The van der Waals surface area contributed by atoms with Crippen molar-refractivity contribution in [2.45, 2.75) is 59.3 Å². The zero-order valence-corrected chi connectivity index (χ0v) is 16.9. The second-order valence-electron chi connectivity index (χ2n) is 9.06. The SMILES string of the molecule is CC(C)c1ccc(N2CCN(CC3CCC(C(C)C)CC3)CC2)cc1. The fraction of sp³-hybridized carbons (Fsp3) is 0.739. The van der Waals surface area contributed by atoms with Gasteiger partial charge in [0.25, 0.3) is 0 Å². The minimum Gasteiger partial charge on any atom is -0.369 e. The molecule has 1 saturated carbocycles. The summed E-state index contributed by atoms with van der Waals surface area (Å²) in [7, 11) is 0. The van der Waals surface area contributed by atoms with Crippen molar-refractivity contribution in [3.63, 3.8) is 0 Å². The summed E-state index contributed by atoms with van der Waals surface area (Å²) in [5, 5.41) is 0. The Kier molecular flexibility index (Phi) is 6.44. The lowest BCUT2D eigenvalue weighted by Gasteiger charge is -2.39. The second kappa shape index (κ2) is 8.58. The van der Waals surface area contributed by atoms with E-state index in [0.29, 0.717) is 5.92 Å². The highest BCUT2D eigenvalue weighted by Crippen LogP contribution is 2.33. The van der Waals surface area contributed by atoms with E-state index in [-0.39, 0.29) is 0 Å². The molecule has 0 atom stereocenters. The van der Waals surface area contributed by atoms with E-state index in [9.17, 15) is 0 Å². The van der Waals surface area contributed by atoms with Gasteiger partial charge >= 0.3 is 0 Å². The lowest BCUT2D eigenvalue weighted by atomic mass is 9.77. The Morgan fingerprint density at radius 1 is 0.840 bits per heavy atom. The van der Waals surface area contributed by atoms with Gasteiger partial charge in [-0.2, -0.15) is 0 Å². The predicted octanol–water partition coefficient (Wildman–Crippen LogP) is 5.39.